The van der Waals surface area contributed by atoms with Crippen LogP contribution in [0.25, 0.3) is 0 Å². The minimum atomic E-state index is -2.70. The smallest absolute Gasteiger partial charge is 0.273 e. The fraction of sp³-hybridized carbons (Fsp3) is 0.455. The molecular weight excluding hydrogens is 264 g/mol. The summed E-state index contributed by atoms with van der Waals surface area (Å²) in [5.74, 6) is -2.59. The number of nitrogens with one attached hydrogen (secondary N) is 1. The van der Waals surface area contributed by atoms with E-state index in [2.05, 4.69) is 21.2 Å². The van der Waals surface area contributed by atoms with Gasteiger partial charge in [-0.3, -0.25) is 0 Å². The molecule has 1 N–H and O–H groups in total. The van der Waals surface area contributed by atoms with Crippen LogP contribution in [0.4, 0.5) is 8.78 Å². The van der Waals surface area contributed by atoms with Crippen LogP contribution in [0.2, 0.25) is 0 Å². The van der Waals surface area contributed by atoms with Gasteiger partial charge in [0, 0.05) is 16.5 Å². The molecule has 0 bridgehead atoms. The van der Waals surface area contributed by atoms with E-state index < -0.39 is 5.92 Å². The monoisotopic (exact) mass is 275 g/mol. The predicted molar refractivity (Wildman–Crippen MR) is 59.0 cm³/mol. The third-order valence-electron chi connectivity index (χ3n) is 2.68. The van der Waals surface area contributed by atoms with E-state index in [9.17, 15) is 8.78 Å². The van der Waals surface area contributed by atoms with Crippen LogP contribution in [0, 0.1) is 5.92 Å². The summed E-state index contributed by atoms with van der Waals surface area (Å²) in [6.45, 7) is 1.43. The van der Waals surface area contributed by atoms with E-state index in [1.807, 2.05) is 0 Å². The fourth-order valence-electron chi connectivity index (χ4n) is 1.67. The van der Waals surface area contributed by atoms with Crippen molar-refractivity contribution in [2.45, 2.75) is 12.3 Å². The molecule has 0 radical (unpaired) electrons. The Labute approximate surface area is 96.0 Å². The minimum absolute atomic E-state index is 0.0539. The molecule has 0 unspecified atom stereocenters. The van der Waals surface area contributed by atoms with E-state index >= 15 is 0 Å². The summed E-state index contributed by atoms with van der Waals surface area (Å²) in [5, 5.41) is 3.00. The lowest BCUT2D eigenvalue weighted by molar-refractivity contribution is -0.0356. The minimum Gasteiger partial charge on any atom is -0.316 e. The topological polar surface area (TPSA) is 12.0 Å². The lowest BCUT2D eigenvalue weighted by Gasteiger charge is -2.30. The zero-order chi connectivity index (χ0) is 10.9. The van der Waals surface area contributed by atoms with Crippen molar-refractivity contribution in [1.82, 2.24) is 5.32 Å². The molecule has 1 nitrogen and oxygen atoms in total. The maximum atomic E-state index is 13.7. The first kappa shape index (κ1) is 11.0. The molecule has 0 spiro atoms. The van der Waals surface area contributed by atoms with E-state index in [1.54, 1.807) is 12.1 Å². The molecule has 0 atom stereocenters. The van der Waals surface area contributed by atoms with Crippen molar-refractivity contribution in [3.63, 3.8) is 0 Å². The Kier molecular flexibility index (Phi) is 3.07. The van der Waals surface area contributed by atoms with Gasteiger partial charge in [0.25, 0.3) is 5.92 Å². The Hall–Kier alpha value is -0.480. The number of alkyl halides is 2. The molecule has 1 heterocycles. The summed E-state index contributed by atoms with van der Waals surface area (Å²) in [4.78, 5) is 0. The van der Waals surface area contributed by atoms with Crippen LogP contribution < -0.4 is 5.32 Å². The average Bonchev–Trinajstić information content (AvgIpc) is 2.13. The van der Waals surface area contributed by atoms with E-state index in [4.69, 9.17) is 0 Å². The Morgan fingerprint density at radius 3 is 2.33 bits per heavy atom. The van der Waals surface area contributed by atoms with Gasteiger partial charge in [-0.2, -0.15) is 0 Å². The van der Waals surface area contributed by atoms with Crippen molar-refractivity contribution >= 4 is 15.9 Å². The van der Waals surface area contributed by atoms with Gasteiger partial charge in [0.05, 0.1) is 0 Å². The number of hydrogen-bond acceptors (Lipinski definition) is 1. The Morgan fingerprint density at radius 1 is 1.27 bits per heavy atom. The molecule has 0 aromatic heterocycles. The summed E-state index contributed by atoms with van der Waals surface area (Å²) in [6.07, 6.45) is -0.0539. The molecule has 82 valence electrons. The summed E-state index contributed by atoms with van der Waals surface area (Å²) in [5.41, 5.74) is 0.109. The van der Waals surface area contributed by atoms with Crippen LogP contribution in [0.5, 0.6) is 0 Å². The highest BCUT2D eigenvalue weighted by Crippen LogP contribution is 2.36. The van der Waals surface area contributed by atoms with Crippen LogP contribution in [-0.2, 0) is 5.92 Å². The summed E-state index contributed by atoms with van der Waals surface area (Å²) < 4.78 is 28.3. The molecule has 1 saturated heterocycles. The lowest BCUT2D eigenvalue weighted by atomic mass is 9.92. The highest BCUT2D eigenvalue weighted by Gasteiger charge is 2.36. The summed E-state index contributed by atoms with van der Waals surface area (Å²) >= 11 is 3.23. The lowest BCUT2D eigenvalue weighted by Crippen LogP contribution is -2.44. The summed E-state index contributed by atoms with van der Waals surface area (Å²) in [6, 6.07) is 6.27. The second kappa shape index (κ2) is 4.18. The fourth-order valence-corrected chi connectivity index (χ4v) is 1.93. The zero-order valence-electron chi connectivity index (χ0n) is 8.14. The molecule has 1 aliphatic heterocycles. The van der Waals surface area contributed by atoms with Gasteiger partial charge in [0.1, 0.15) is 0 Å². The largest absolute Gasteiger partial charge is 0.316 e. The maximum absolute atomic E-state index is 13.7. The normalized spacial score (nSPS) is 17.5. The SMILES string of the molecule is FC(F)(CC1CNC1)c1ccc(Br)cc1. The van der Waals surface area contributed by atoms with Crippen LogP contribution in [0.1, 0.15) is 12.0 Å². The molecular formula is C11H12BrF2N. The zero-order valence-corrected chi connectivity index (χ0v) is 9.73. The Bertz CT molecular complexity index is 333. The van der Waals surface area contributed by atoms with Gasteiger partial charge >= 0.3 is 0 Å². The standard InChI is InChI=1S/C11H12BrF2N/c12-10-3-1-9(2-4-10)11(13,14)5-8-6-15-7-8/h1-4,8,15H,5-7H2. The van der Waals surface area contributed by atoms with Crippen LogP contribution in [-0.4, -0.2) is 13.1 Å². The maximum Gasteiger partial charge on any atom is 0.273 e. The third-order valence-corrected chi connectivity index (χ3v) is 3.21. The first-order valence-corrected chi connectivity index (χ1v) is 5.72. The third kappa shape index (κ3) is 2.55. The van der Waals surface area contributed by atoms with Crippen molar-refractivity contribution in [1.29, 1.82) is 0 Å². The molecule has 1 fully saturated rings. The predicted octanol–water partition coefficient (Wildman–Crippen LogP) is 3.15. The van der Waals surface area contributed by atoms with Crippen LogP contribution >= 0.6 is 15.9 Å². The van der Waals surface area contributed by atoms with E-state index in [0.717, 1.165) is 4.47 Å². The quantitative estimate of drug-likeness (QED) is 0.894. The number of benzene rings is 1. The van der Waals surface area contributed by atoms with Crippen LogP contribution in [0.15, 0.2) is 28.7 Å². The molecule has 15 heavy (non-hydrogen) atoms. The van der Waals surface area contributed by atoms with Crippen molar-refractivity contribution in [2.24, 2.45) is 5.92 Å². The highest BCUT2D eigenvalue weighted by atomic mass is 79.9. The Balaban J connectivity index is 2.09. The van der Waals surface area contributed by atoms with Crippen molar-refractivity contribution in [3.05, 3.63) is 34.3 Å². The first-order chi connectivity index (χ1) is 7.08. The molecule has 1 aromatic rings. The molecule has 0 saturated carbocycles. The van der Waals surface area contributed by atoms with Crippen molar-refractivity contribution < 1.29 is 8.78 Å². The van der Waals surface area contributed by atoms with E-state index in [1.165, 1.54) is 12.1 Å². The summed E-state index contributed by atoms with van der Waals surface area (Å²) in [7, 11) is 0. The number of rotatable bonds is 3. The van der Waals surface area contributed by atoms with Gasteiger partial charge in [0.2, 0.25) is 0 Å². The number of hydrogen-bond donors (Lipinski definition) is 1. The second-order valence-corrected chi connectivity index (χ2v) is 4.86. The van der Waals surface area contributed by atoms with Gasteiger partial charge in [0.15, 0.2) is 0 Å². The van der Waals surface area contributed by atoms with Gasteiger partial charge in [-0.15, -0.1) is 0 Å². The number of halogens is 3. The van der Waals surface area contributed by atoms with E-state index in [0.29, 0.717) is 13.1 Å². The highest BCUT2D eigenvalue weighted by molar-refractivity contribution is 9.10. The molecule has 2 rings (SSSR count). The van der Waals surface area contributed by atoms with Gasteiger partial charge in [-0.25, -0.2) is 8.78 Å². The first-order valence-electron chi connectivity index (χ1n) is 4.92. The average molecular weight is 276 g/mol. The second-order valence-electron chi connectivity index (χ2n) is 3.94. The van der Waals surface area contributed by atoms with Gasteiger partial charge in [-0.05, 0) is 31.1 Å². The van der Waals surface area contributed by atoms with Crippen LogP contribution in [0.3, 0.4) is 0 Å². The van der Waals surface area contributed by atoms with Gasteiger partial charge < -0.3 is 5.32 Å². The molecule has 4 heteroatoms. The van der Waals surface area contributed by atoms with Gasteiger partial charge in [-0.1, -0.05) is 28.1 Å². The molecule has 1 aromatic carbocycles. The molecule has 0 aliphatic carbocycles. The van der Waals surface area contributed by atoms with E-state index in [-0.39, 0.29) is 17.9 Å². The molecule has 0 amide bonds. The molecule has 1 aliphatic rings. The van der Waals surface area contributed by atoms with Crippen molar-refractivity contribution in [3.8, 4) is 0 Å². The van der Waals surface area contributed by atoms with Crippen molar-refractivity contribution in [2.75, 3.05) is 13.1 Å². The Morgan fingerprint density at radius 2 is 1.87 bits per heavy atom.